The lowest BCUT2D eigenvalue weighted by atomic mass is 10.1. The number of para-hydroxylation sites is 1. The van der Waals surface area contributed by atoms with Crippen molar-refractivity contribution in [2.24, 2.45) is 0 Å². The molecule has 0 spiro atoms. The molecule has 1 aliphatic rings. The molecule has 0 radical (unpaired) electrons. The van der Waals surface area contributed by atoms with Crippen LogP contribution in [0.3, 0.4) is 0 Å². The van der Waals surface area contributed by atoms with E-state index in [4.69, 9.17) is 0 Å². The van der Waals surface area contributed by atoms with Crippen molar-refractivity contribution in [3.8, 4) is 0 Å². The molecule has 0 aliphatic carbocycles. The van der Waals surface area contributed by atoms with E-state index in [0.29, 0.717) is 0 Å². The third-order valence-electron chi connectivity index (χ3n) is 4.13. The lowest BCUT2D eigenvalue weighted by Crippen LogP contribution is -2.39. The van der Waals surface area contributed by atoms with Crippen LogP contribution in [0.15, 0.2) is 48.5 Å². The predicted molar refractivity (Wildman–Crippen MR) is 86.8 cm³/mol. The zero-order chi connectivity index (χ0) is 14.8. The summed E-state index contributed by atoms with van der Waals surface area (Å²) < 4.78 is 0. The molecule has 1 N–H and O–H groups in total. The molecule has 21 heavy (non-hydrogen) atoms. The van der Waals surface area contributed by atoms with Crippen LogP contribution in [0.2, 0.25) is 0 Å². The standard InChI is InChI=1S/C18H20N2O/c1-3-13-8-10-15(11-9-13)20(2)18(21)17-12-14-6-4-5-7-16(14)19-17/h4-11,17,19H,3,12H2,1-2H3/t17-/m0/s1. The molecular weight excluding hydrogens is 260 g/mol. The fraction of sp³-hybridized carbons (Fsp3) is 0.278. The quantitative estimate of drug-likeness (QED) is 0.936. The van der Waals surface area contributed by atoms with Crippen molar-refractivity contribution in [2.75, 3.05) is 17.3 Å². The van der Waals surface area contributed by atoms with E-state index in [1.54, 1.807) is 4.90 Å². The Kier molecular flexibility index (Phi) is 3.65. The Hall–Kier alpha value is -2.29. The third kappa shape index (κ3) is 2.64. The zero-order valence-corrected chi connectivity index (χ0v) is 12.5. The Bertz CT molecular complexity index is 624. The fourth-order valence-electron chi connectivity index (χ4n) is 2.76. The van der Waals surface area contributed by atoms with Gasteiger partial charge >= 0.3 is 0 Å². The Morgan fingerprint density at radius 3 is 2.57 bits per heavy atom. The van der Waals surface area contributed by atoms with Crippen molar-refractivity contribution in [3.05, 3.63) is 59.7 Å². The van der Waals surface area contributed by atoms with Gasteiger partial charge in [-0.15, -0.1) is 0 Å². The summed E-state index contributed by atoms with van der Waals surface area (Å²) in [6.45, 7) is 2.13. The van der Waals surface area contributed by atoms with Crippen LogP contribution in [0.25, 0.3) is 0 Å². The second-order valence-electron chi connectivity index (χ2n) is 5.48. The highest BCUT2D eigenvalue weighted by molar-refractivity contribution is 5.99. The number of aryl methyl sites for hydroxylation is 1. The number of hydrogen-bond acceptors (Lipinski definition) is 2. The van der Waals surface area contributed by atoms with Gasteiger partial charge in [0.05, 0.1) is 0 Å². The van der Waals surface area contributed by atoms with Crippen LogP contribution in [0.5, 0.6) is 0 Å². The van der Waals surface area contributed by atoms with Gasteiger partial charge in [0.1, 0.15) is 6.04 Å². The number of rotatable bonds is 3. The minimum atomic E-state index is -0.168. The van der Waals surface area contributed by atoms with Crippen LogP contribution in [0, 0.1) is 0 Å². The zero-order valence-electron chi connectivity index (χ0n) is 12.5. The summed E-state index contributed by atoms with van der Waals surface area (Å²) in [5.74, 6) is 0.107. The number of fused-ring (bicyclic) bond motifs is 1. The average molecular weight is 280 g/mol. The average Bonchev–Trinajstić information content (AvgIpc) is 2.97. The second-order valence-corrected chi connectivity index (χ2v) is 5.48. The molecule has 3 heteroatoms. The maximum Gasteiger partial charge on any atom is 0.249 e. The number of amides is 1. The molecule has 3 nitrogen and oxygen atoms in total. The number of carbonyl (C=O) groups is 1. The van der Waals surface area contributed by atoms with Crippen molar-refractivity contribution in [3.63, 3.8) is 0 Å². The van der Waals surface area contributed by atoms with Crippen LogP contribution in [-0.2, 0) is 17.6 Å². The number of hydrogen-bond donors (Lipinski definition) is 1. The van der Waals surface area contributed by atoms with E-state index in [9.17, 15) is 4.79 Å². The van der Waals surface area contributed by atoms with Gasteiger partial charge in [-0.2, -0.15) is 0 Å². The molecule has 0 fully saturated rings. The van der Waals surface area contributed by atoms with Gasteiger partial charge in [-0.25, -0.2) is 0 Å². The van der Waals surface area contributed by atoms with Crippen LogP contribution in [0.1, 0.15) is 18.1 Å². The molecule has 0 bridgehead atoms. The highest BCUT2D eigenvalue weighted by Gasteiger charge is 2.29. The summed E-state index contributed by atoms with van der Waals surface area (Å²) in [5.41, 5.74) is 4.51. The van der Waals surface area contributed by atoms with Gasteiger partial charge in [-0.05, 0) is 35.7 Å². The molecule has 108 valence electrons. The summed E-state index contributed by atoms with van der Waals surface area (Å²) in [6, 6.07) is 16.1. The van der Waals surface area contributed by atoms with E-state index < -0.39 is 0 Å². The van der Waals surface area contributed by atoms with Crippen molar-refractivity contribution in [1.29, 1.82) is 0 Å². The van der Waals surface area contributed by atoms with Crippen LogP contribution in [0.4, 0.5) is 11.4 Å². The molecule has 0 saturated carbocycles. The molecule has 1 aliphatic heterocycles. The highest BCUT2D eigenvalue weighted by atomic mass is 16.2. The third-order valence-corrected chi connectivity index (χ3v) is 4.13. The van der Waals surface area contributed by atoms with E-state index in [2.05, 4.69) is 30.4 Å². The lowest BCUT2D eigenvalue weighted by Gasteiger charge is -2.21. The van der Waals surface area contributed by atoms with E-state index in [-0.39, 0.29) is 11.9 Å². The van der Waals surface area contributed by atoms with Gasteiger partial charge in [0.2, 0.25) is 5.91 Å². The van der Waals surface area contributed by atoms with Gasteiger partial charge in [-0.3, -0.25) is 4.79 Å². The van der Waals surface area contributed by atoms with Crippen molar-refractivity contribution >= 4 is 17.3 Å². The summed E-state index contributed by atoms with van der Waals surface area (Å²) in [6.07, 6.45) is 1.77. The number of benzene rings is 2. The minimum Gasteiger partial charge on any atom is -0.373 e. The number of nitrogens with one attached hydrogen (secondary N) is 1. The number of anilines is 2. The van der Waals surface area contributed by atoms with Gasteiger partial charge in [0.25, 0.3) is 0 Å². The van der Waals surface area contributed by atoms with Crippen LogP contribution < -0.4 is 10.2 Å². The summed E-state index contributed by atoms with van der Waals surface area (Å²) in [7, 11) is 1.84. The molecule has 0 aromatic heterocycles. The molecule has 0 saturated heterocycles. The summed E-state index contributed by atoms with van der Waals surface area (Å²) in [4.78, 5) is 14.4. The maximum atomic E-state index is 12.6. The monoisotopic (exact) mass is 280 g/mol. The van der Waals surface area contributed by atoms with Crippen molar-refractivity contribution in [1.82, 2.24) is 0 Å². The van der Waals surface area contributed by atoms with Gasteiger partial charge in [0.15, 0.2) is 0 Å². The normalized spacial score (nSPS) is 16.2. The van der Waals surface area contributed by atoms with E-state index in [1.807, 2.05) is 37.4 Å². The minimum absolute atomic E-state index is 0.107. The molecule has 2 aromatic carbocycles. The first-order valence-electron chi connectivity index (χ1n) is 7.40. The van der Waals surface area contributed by atoms with Gasteiger partial charge in [-0.1, -0.05) is 37.3 Å². The lowest BCUT2D eigenvalue weighted by molar-refractivity contribution is -0.118. The number of likely N-dealkylation sites (N-methyl/N-ethyl adjacent to an activating group) is 1. The van der Waals surface area contributed by atoms with Crippen molar-refractivity contribution < 1.29 is 4.79 Å². The van der Waals surface area contributed by atoms with Crippen LogP contribution >= 0.6 is 0 Å². The van der Waals surface area contributed by atoms with E-state index >= 15 is 0 Å². The summed E-state index contributed by atoms with van der Waals surface area (Å²) >= 11 is 0. The molecule has 3 rings (SSSR count). The fourth-order valence-corrected chi connectivity index (χ4v) is 2.76. The predicted octanol–water partition coefficient (Wildman–Crippen LogP) is 3.25. The SMILES string of the molecule is CCc1ccc(N(C)C(=O)[C@@H]2Cc3ccccc3N2)cc1. The van der Waals surface area contributed by atoms with Crippen LogP contribution in [-0.4, -0.2) is 19.0 Å². The van der Waals surface area contributed by atoms with Gasteiger partial charge in [0, 0.05) is 24.8 Å². The highest BCUT2D eigenvalue weighted by Crippen LogP contribution is 2.27. The number of carbonyl (C=O) groups excluding carboxylic acids is 1. The first-order chi connectivity index (χ1) is 10.2. The molecule has 2 aromatic rings. The molecule has 1 amide bonds. The van der Waals surface area contributed by atoms with Crippen molar-refractivity contribution in [2.45, 2.75) is 25.8 Å². The molecule has 0 unspecified atom stereocenters. The Labute approximate surface area is 125 Å². The summed E-state index contributed by atoms with van der Waals surface area (Å²) in [5, 5.41) is 3.32. The number of nitrogens with zero attached hydrogens (tertiary/aromatic N) is 1. The van der Waals surface area contributed by atoms with E-state index in [0.717, 1.165) is 24.2 Å². The maximum absolute atomic E-state index is 12.6. The van der Waals surface area contributed by atoms with E-state index in [1.165, 1.54) is 11.1 Å². The smallest absolute Gasteiger partial charge is 0.249 e. The Morgan fingerprint density at radius 2 is 1.90 bits per heavy atom. The Morgan fingerprint density at radius 1 is 1.19 bits per heavy atom. The molecule has 1 atom stereocenters. The van der Waals surface area contributed by atoms with Gasteiger partial charge < -0.3 is 10.2 Å². The first-order valence-corrected chi connectivity index (χ1v) is 7.40. The second kappa shape index (κ2) is 5.60. The first kappa shape index (κ1) is 13.7. The molecule has 1 heterocycles. The largest absolute Gasteiger partial charge is 0.373 e. The Balaban J connectivity index is 1.73. The topological polar surface area (TPSA) is 32.3 Å². The molecular formula is C18H20N2O.